The number of aromatic nitrogens is 2. The van der Waals surface area contributed by atoms with Crippen LogP contribution in [-0.2, 0) is 11.9 Å². The van der Waals surface area contributed by atoms with Gasteiger partial charge in [-0.05, 0) is 55.1 Å². The first-order valence-corrected chi connectivity index (χ1v) is 8.61. The maximum Gasteiger partial charge on any atom is 0.123 e. The van der Waals surface area contributed by atoms with Crippen molar-refractivity contribution in [2.75, 3.05) is 0 Å². The fraction of sp³-hybridized carbons (Fsp3) is 0.250. The van der Waals surface area contributed by atoms with Gasteiger partial charge in [0.1, 0.15) is 21.3 Å². The van der Waals surface area contributed by atoms with Crippen molar-refractivity contribution < 1.29 is 0 Å². The van der Waals surface area contributed by atoms with E-state index >= 15 is 0 Å². The Kier molecular flexibility index (Phi) is 13.5. The van der Waals surface area contributed by atoms with E-state index < -0.39 is 0 Å². The van der Waals surface area contributed by atoms with Gasteiger partial charge in [0, 0.05) is 24.3 Å². The highest BCUT2D eigenvalue weighted by molar-refractivity contribution is 9.10. The van der Waals surface area contributed by atoms with Crippen LogP contribution in [0.4, 0.5) is 0 Å². The van der Waals surface area contributed by atoms with Crippen LogP contribution in [0.2, 0.25) is 0 Å². The maximum absolute atomic E-state index is 8.60. The molecule has 0 amide bonds. The Hall–Kier alpha value is -1.32. The van der Waals surface area contributed by atoms with E-state index in [9.17, 15) is 0 Å². The third-order valence-electron chi connectivity index (χ3n) is 2.42. The quantitative estimate of drug-likeness (QED) is 0.441. The molecule has 8 heteroatoms. The molecule has 5 nitrogen and oxygen atoms in total. The number of nitrogens with two attached hydrogens (primary N) is 1. The Morgan fingerprint density at radius 1 is 0.917 bits per heavy atom. The summed E-state index contributed by atoms with van der Waals surface area (Å²) in [6.45, 7) is 0.412. The Balaban J connectivity index is 0. The second-order valence-electron chi connectivity index (χ2n) is 3.93. The van der Waals surface area contributed by atoms with E-state index in [4.69, 9.17) is 16.3 Å². The minimum Gasteiger partial charge on any atom is -0.326 e. The molecule has 0 aliphatic carbocycles. The SMILES string of the molecule is C.C.N#Cc1cc(CBr)cnc1Br.N#Cc1cc(CN)cnc1Br. The van der Waals surface area contributed by atoms with E-state index in [-0.39, 0.29) is 14.9 Å². The Morgan fingerprint density at radius 2 is 1.33 bits per heavy atom. The van der Waals surface area contributed by atoms with Crippen molar-refractivity contribution >= 4 is 47.8 Å². The van der Waals surface area contributed by atoms with Crippen LogP contribution in [0.25, 0.3) is 0 Å². The molecular weight excluding hydrogens is 502 g/mol. The monoisotopic (exact) mass is 517 g/mol. The fourth-order valence-corrected chi connectivity index (χ4v) is 2.24. The van der Waals surface area contributed by atoms with Gasteiger partial charge in [-0.2, -0.15) is 10.5 Å². The van der Waals surface area contributed by atoms with Gasteiger partial charge in [-0.25, -0.2) is 9.97 Å². The molecular formula is C16H18Br3N5. The summed E-state index contributed by atoms with van der Waals surface area (Å²) in [5.41, 5.74) is 8.32. The number of rotatable bonds is 2. The maximum atomic E-state index is 8.60. The number of pyridine rings is 2. The third-order valence-corrected chi connectivity index (χ3v) is 4.33. The van der Waals surface area contributed by atoms with Gasteiger partial charge >= 0.3 is 0 Å². The first-order valence-electron chi connectivity index (χ1n) is 5.90. The zero-order valence-electron chi connectivity index (χ0n) is 11.2. The molecule has 0 aliphatic heterocycles. The zero-order valence-corrected chi connectivity index (χ0v) is 16.0. The van der Waals surface area contributed by atoms with Gasteiger partial charge in [0.05, 0.1) is 11.1 Å². The van der Waals surface area contributed by atoms with Crippen LogP contribution in [0.5, 0.6) is 0 Å². The lowest BCUT2D eigenvalue weighted by Crippen LogP contribution is -1.97. The minimum atomic E-state index is 0. The average molecular weight is 520 g/mol. The van der Waals surface area contributed by atoms with Gasteiger partial charge in [-0.3, -0.25) is 0 Å². The smallest absolute Gasteiger partial charge is 0.123 e. The van der Waals surface area contributed by atoms with Crippen LogP contribution in [-0.4, -0.2) is 9.97 Å². The van der Waals surface area contributed by atoms with Crippen LogP contribution in [0.1, 0.15) is 37.1 Å². The lowest BCUT2D eigenvalue weighted by molar-refractivity contribution is 1.04. The van der Waals surface area contributed by atoms with Crippen LogP contribution in [0.15, 0.2) is 33.7 Å². The van der Waals surface area contributed by atoms with E-state index in [1.54, 1.807) is 24.5 Å². The van der Waals surface area contributed by atoms with Crippen molar-refractivity contribution in [2.24, 2.45) is 5.73 Å². The van der Waals surface area contributed by atoms with Gasteiger partial charge in [0.25, 0.3) is 0 Å². The molecule has 24 heavy (non-hydrogen) atoms. The third kappa shape index (κ3) is 7.50. The van der Waals surface area contributed by atoms with Crippen molar-refractivity contribution in [3.05, 3.63) is 56.0 Å². The second kappa shape index (κ2) is 13.0. The van der Waals surface area contributed by atoms with E-state index in [0.717, 1.165) is 16.5 Å². The standard InChI is InChI=1S/C7H4Br2N2.C7H6BrN3.2CH4/c8-2-5-1-6(3-10)7(9)11-4-5;8-7-6(3-10)1-5(2-9)4-11-7;;/h1,4H,2H2;1,4H,2,9H2;2*1H4. The predicted octanol–water partition coefficient (Wildman–Crippen LogP) is 5.06. The number of halogens is 3. The van der Waals surface area contributed by atoms with Gasteiger partial charge in [0.2, 0.25) is 0 Å². The van der Waals surface area contributed by atoms with Crippen LogP contribution < -0.4 is 5.73 Å². The van der Waals surface area contributed by atoms with E-state index in [1.165, 1.54) is 0 Å². The van der Waals surface area contributed by atoms with Gasteiger partial charge in [-0.1, -0.05) is 30.8 Å². The molecule has 0 saturated carbocycles. The van der Waals surface area contributed by atoms with E-state index in [0.29, 0.717) is 26.9 Å². The predicted molar refractivity (Wildman–Crippen MR) is 107 cm³/mol. The second-order valence-corrected chi connectivity index (χ2v) is 5.99. The highest BCUT2D eigenvalue weighted by atomic mass is 79.9. The largest absolute Gasteiger partial charge is 0.326 e. The molecule has 2 heterocycles. The summed E-state index contributed by atoms with van der Waals surface area (Å²) in [7, 11) is 0. The summed E-state index contributed by atoms with van der Waals surface area (Å²) in [4.78, 5) is 7.92. The number of hydrogen-bond acceptors (Lipinski definition) is 5. The fourth-order valence-electron chi connectivity index (χ4n) is 1.32. The van der Waals surface area contributed by atoms with Crippen LogP contribution >= 0.6 is 47.8 Å². The summed E-state index contributed by atoms with van der Waals surface area (Å²) in [6.07, 6.45) is 3.37. The Morgan fingerprint density at radius 3 is 1.71 bits per heavy atom. The Labute approximate surface area is 168 Å². The summed E-state index contributed by atoms with van der Waals surface area (Å²) in [6, 6.07) is 7.56. The molecule has 0 atom stereocenters. The summed E-state index contributed by atoms with van der Waals surface area (Å²) in [5, 5.41) is 17.9. The lowest BCUT2D eigenvalue weighted by Gasteiger charge is -1.96. The molecule has 0 aromatic carbocycles. The zero-order chi connectivity index (χ0) is 16.5. The van der Waals surface area contributed by atoms with Crippen molar-refractivity contribution in [1.29, 1.82) is 10.5 Å². The molecule has 2 aromatic rings. The minimum absolute atomic E-state index is 0. The molecule has 128 valence electrons. The molecule has 0 spiro atoms. The molecule has 0 unspecified atom stereocenters. The average Bonchev–Trinajstić information content (AvgIpc) is 2.56. The highest BCUT2D eigenvalue weighted by Gasteiger charge is 2.00. The number of hydrogen-bond donors (Lipinski definition) is 1. The number of nitrogens with zero attached hydrogens (tertiary/aromatic N) is 4. The van der Waals surface area contributed by atoms with Gasteiger partial charge in [-0.15, -0.1) is 0 Å². The molecule has 0 saturated heterocycles. The number of alkyl halides is 1. The molecule has 0 aliphatic rings. The van der Waals surface area contributed by atoms with Gasteiger partial charge < -0.3 is 5.73 Å². The number of nitriles is 2. The first kappa shape index (κ1) is 24.9. The molecule has 2 N–H and O–H groups in total. The summed E-state index contributed by atoms with van der Waals surface area (Å²) < 4.78 is 1.17. The van der Waals surface area contributed by atoms with Crippen LogP contribution in [0.3, 0.4) is 0 Å². The van der Waals surface area contributed by atoms with Crippen molar-refractivity contribution in [3.8, 4) is 12.1 Å². The van der Waals surface area contributed by atoms with Crippen molar-refractivity contribution in [1.82, 2.24) is 9.97 Å². The first-order chi connectivity index (χ1) is 10.5. The lowest BCUT2D eigenvalue weighted by atomic mass is 10.2. The summed E-state index contributed by atoms with van der Waals surface area (Å²) >= 11 is 9.60. The van der Waals surface area contributed by atoms with E-state index in [1.807, 2.05) is 12.1 Å². The highest BCUT2D eigenvalue weighted by Crippen LogP contribution is 2.15. The normalized spacial score (nSPS) is 8.42. The van der Waals surface area contributed by atoms with Gasteiger partial charge in [0.15, 0.2) is 0 Å². The topological polar surface area (TPSA) is 99.4 Å². The van der Waals surface area contributed by atoms with Crippen LogP contribution in [0, 0.1) is 22.7 Å². The molecule has 0 fully saturated rings. The Bertz CT molecular complexity index is 672. The molecule has 0 bridgehead atoms. The van der Waals surface area contributed by atoms with E-state index in [2.05, 4.69) is 57.8 Å². The molecule has 0 radical (unpaired) electrons. The van der Waals surface area contributed by atoms with Crippen molar-refractivity contribution in [3.63, 3.8) is 0 Å². The summed E-state index contributed by atoms with van der Waals surface area (Å²) in [5.74, 6) is 0. The molecule has 2 aromatic heterocycles. The molecule has 2 rings (SSSR count). The van der Waals surface area contributed by atoms with Crippen molar-refractivity contribution in [2.45, 2.75) is 26.7 Å².